The maximum atomic E-state index is 11.3. The number of hydrogen-bond donors (Lipinski definition) is 2. The van der Waals surface area contributed by atoms with Gasteiger partial charge in [-0.05, 0) is 0 Å². The van der Waals surface area contributed by atoms with E-state index in [4.69, 9.17) is 10.3 Å². The minimum atomic E-state index is -0.568. The lowest BCUT2D eigenvalue weighted by Gasteiger charge is -2.20. The molecule has 0 radical (unpaired) electrons. The van der Waals surface area contributed by atoms with Crippen molar-refractivity contribution >= 4 is 17.7 Å². The Balaban J connectivity index is 2.53. The summed E-state index contributed by atoms with van der Waals surface area (Å²) in [7, 11) is 0. The Hall–Kier alpha value is -1.08. The Morgan fingerprint density at radius 2 is 2.27 bits per heavy atom. The molecule has 0 fully saturated rings. The second kappa shape index (κ2) is 4.63. The van der Waals surface area contributed by atoms with E-state index in [1.54, 1.807) is 20.8 Å². The van der Waals surface area contributed by atoms with E-state index in [-0.39, 0.29) is 5.91 Å². The summed E-state index contributed by atoms with van der Waals surface area (Å²) in [5.74, 6) is 5.89. The van der Waals surface area contributed by atoms with Crippen LogP contribution in [0.3, 0.4) is 0 Å². The van der Waals surface area contributed by atoms with E-state index in [0.717, 1.165) is 0 Å². The molecule has 1 aromatic rings. The SMILES string of the molecule is Cc1nnc(SCC(C)(C)C(=O)NN)o1. The van der Waals surface area contributed by atoms with Gasteiger partial charge in [-0.25, -0.2) is 5.84 Å². The molecule has 1 heterocycles. The Labute approximate surface area is 92.0 Å². The van der Waals surface area contributed by atoms with Crippen molar-refractivity contribution in [2.75, 3.05) is 5.75 Å². The molecule has 0 spiro atoms. The zero-order valence-corrected chi connectivity index (χ0v) is 9.72. The zero-order chi connectivity index (χ0) is 11.5. The Bertz CT molecular complexity index is 350. The van der Waals surface area contributed by atoms with Crippen molar-refractivity contribution in [3.8, 4) is 0 Å². The average molecular weight is 230 g/mol. The smallest absolute Gasteiger partial charge is 0.276 e. The van der Waals surface area contributed by atoms with Crippen LogP contribution in [0.4, 0.5) is 0 Å². The average Bonchev–Trinajstić information content (AvgIpc) is 2.60. The third-order valence-corrected chi connectivity index (χ3v) is 3.09. The van der Waals surface area contributed by atoms with E-state index in [1.807, 2.05) is 0 Å². The topological polar surface area (TPSA) is 94.0 Å². The summed E-state index contributed by atoms with van der Waals surface area (Å²) in [6.45, 7) is 5.31. The molecular formula is C8H14N4O2S. The molecule has 0 saturated carbocycles. The number of thioether (sulfide) groups is 1. The molecule has 0 unspecified atom stereocenters. The second-order valence-electron chi connectivity index (χ2n) is 3.73. The maximum absolute atomic E-state index is 11.3. The van der Waals surface area contributed by atoms with Crippen molar-refractivity contribution in [3.63, 3.8) is 0 Å². The van der Waals surface area contributed by atoms with Crippen LogP contribution in [-0.2, 0) is 4.79 Å². The minimum absolute atomic E-state index is 0.216. The quantitative estimate of drug-likeness (QED) is 0.338. The van der Waals surface area contributed by atoms with Crippen LogP contribution in [-0.4, -0.2) is 21.9 Å². The van der Waals surface area contributed by atoms with Crippen molar-refractivity contribution in [1.82, 2.24) is 15.6 Å². The lowest BCUT2D eigenvalue weighted by atomic mass is 9.96. The second-order valence-corrected chi connectivity index (χ2v) is 4.66. The van der Waals surface area contributed by atoms with E-state index in [2.05, 4.69) is 15.6 Å². The zero-order valence-electron chi connectivity index (χ0n) is 8.90. The van der Waals surface area contributed by atoms with Gasteiger partial charge in [-0.15, -0.1) is 10.2 Å². The third kappa shape index (κ3) is 3.21. The van der Waals surface area contributed by atoms with Gasteiger partial charge in [0.1, 0.15) is 0 Å². The van der Waals surface area contributed by atoms with Gasteiger partial charge in [0, 0.05) is 12.7 Å². The number of nitrogens with zero attached hydrogens (tertiary/aromatic N) is 2. The van der Waals surface area contributed by atoms with Crippen LogP contribution in [0, 0.1) is 12.3 Å². The summed E-state index contributed by atoms with van der Waals surface area (Å²) in [5.41, 5.74) is 1.56. The van der Waals surface area contributed by atoms with Crippen LogP contribution in [0.5, 0.6) is 0 Å². The van der Waals surface area contributed by atoms with Crippen molar-refractivity contribution in [2.24, 2.45) is 11.3 Å². The summed E-state index contributed by atoms with van der Waals surface area (Å²) >= 11 is 1.34. The predicted molar refractivity (Wildman–Crippen MR) is 55.9 cm³/mol. The highest BCUT2D eigenvalue weighted by Gasteiger charge is 2.27. The lowest BCUT2D eigenvalue weighted by molar-refractivity contribution is -0.128. The number of aromatic nitrogens is 2. The first-order chi connectivity index (χ1) is 6.95. The van der Waals surface area contributed by atoms with Crippen molar-refractivity contribution in [1.29, 1.82) is 0 Å². The van der Waals surface area contributed by atoms with E-state index in [0.29, 0.717) is 16.9 Å². The highest BCUT2D eigenvalue weighted by atomic mass is 32.2. The number of hydrazine groups is 1. The van der Waals surface area contributed by atoms with Gasteiger partial charge in [0.05, 0.1) is 5.41 Å². The standard InChI is InChI=1S/C8H14N4O2S/c1-5-11-12-7(14-5)15-4-8(2,3)6(13)10-9/h4,9H2,1-3H3,(H,10,13). The number of hydrogen-bond acceptors (Lipinski definition) is 6. The van der Waals surface area contributed by atoms with E-state index < -0.39 is 5.41 Å². The summed E-state index contributed by atoms with van der Waals surface area (Å²) in [5, 5.41) is 7.97. The molecule has 84 valence electrons. The highest BCUT2D eigenvalue weighted by molar-refractivity contribution is 7.99. The molecule has 0 aromatic carbocycles. The van der Waals surface area contributed by atoms with Crippen molar-refractivity contribution < 1.29 is 9.21 Å². The minimum Gasteiger partial charge on any atom is -0.416 e. The first-order valence-electron chi connectivity index (χ1n) is 4.39. The summed E-state index contributed by atoms with van der Waals surface area (Å²) in [6, 6.07) is 0. The molecular weight excluding hydrogens is 216 g/mol. The van der Waals surface area contributed by atoms with Gasteiger partial charge in [0.2, 0.25) is 11.8 Å². The van der Waals surface area contributed by atoms with E-state index in [9.17, 15) is 4.79 Å². The first-order valence-corrected chi connectivity index (χ1v) is 5.38. The number of nitrogens with two attached hydrogens (primary N) is 1. The first kappa shape index (κ1) is 12.0. The molecule has 0 saturated heterocycles. The van der Waals surface area contributed by atoms with Gasteiger partial charge < -0.3 is 4.42 Å². The fourth-order valence-electron chi connectivity index (χ4n) is 0.840. The van der Waals surface area contributed by atoms with Crippen LogP contribution < -0.4 is 11.3 Å². The molecule has 1 amide bonds. The summed E-state index contributed by atoms with van der Waals surface area (Å²) in [4.78, 5) is 11.3. The van der Waals surface area contributed by atoms with Crippen LogP contribution in [0.1, 0.15) is 19.7 Å². The maximum Gasteiger partial charge on any atom is 0.276 e. The Kier molecular flexibility index (Phi) is 3.70. The number of rotatable bonds is 4. The van der Waals surface area contributed by atoms with Crippen molar-refractivity contribution in [3.05, 3.63) is 5.89 Å². The molecule has 0 aliphatic rings. The fraction of sp³-hybridized carbons (Fsp3) is 0.625. The number of carbonyl (C=O) groups excluding carboxylic acids is 1. The molecule has 7 heteroatoms. The van der Waals surface area contributed by atoms with Gasteiger partial charge in [0.25, 0.3) is 5.22 Å². The van der Waals surface area contributed by atoms with Crippen LogP contribution in [0.2, 0.25) is 0 Å². The lowest BCUT2D eigenvalue weighted by Crippen LogP contribution is -2.42. The number of nitrogens with one attached hydrogen (secondary N) is 1. The number of aryl methyl sites for hydroxylation is 1. The van der Waals surface area contributed by atoms with Crippen LogP contribution in [0.25, 0.3) is 0 Å². The molecule has 0 bridgehead atoms. The number of amides is 1. The van der Waals surface area contributed by atoms with Crippen LogP contribution in [0.15, 0.2) is 9.64 Å². The fourth-order valence-corrected chi connectivity index (χ4v) is 1.73. The van der Waals surface area contributed by atoms with Gasteiger partial charge in [-0.3, -0.25) is 10.2 Å². The van der Waals surface area contributed by atoms with E-state index >= 15 is 0 Å². The van der Waals surface area contributed by atoms with Gasteiger partial charge in [-0.1, -0.05) is 25.6 Å². The van der Waals surface area contributed by atoms with E-state index in [1.165, 1.54) is 11.8 Å². The molecule has 0 aliphatic carbocycles. The molecule has 15 heavy (non-hydrogen) atoms. The van der Waals surface area contributed by atoms with Gasteiger partial charge in [-0.2, -0.15) is 0 Å². The normalized spacial score (nSPS) is 11.5. The number of carbonyl (C=O) groups is 1. The summed E-state index contributed by atoms with van der Waals surface area (Å²) < 4.78 is 5.17. The monoisotopic (exact) mass is 230 g/mol. The molecule has 1 aromatic heterocycles. The van der Waals surface area contributed by atoms with Gasteiger partial charge >= 0.3 is 0 Å². The Morgan fingerprint density at radius 1 is 1.60 bits per heavy atom. The van der Waals surface area contributed by atoms with Crippen LogP contribution >= 0.6 is 11.8 Å². The molecule has 1 rings (SSSR count). The van der Waals surface area contributed by atoms with Gasteiger partial charge in [0.15, 0.2) is 0 Å². The molecule has 6 nitrogen and oxygen atoms in total. The van der Waals surface area contributed by atoms with Crippen molar-refractivity contribution in [2.45, 2.75) is 26.0 Å². The molecule has 0 aliphatic heterocycles. The Morgan fingerprint density at radius 3 is 2.73 bits per heavy atom. The molecule has 3 N–H and O–H groups in total. The molecule has 0 atom stereocenters. The highest BCUT2D eigenvalue weighted by Crippen LogP contribution is 2.26. The summed E-state index contributed by atoms with van der Waals surface area (Å²) in [6.07, 6.45) is 0. The largest absolute Gasteiger partial charge is 0.416 e. The third-order valence-electron chi connectivity index (χ3n) is 1.81. The predicted octanol–water partition coefficient (Wildman–Crippen LogP) is 0.486.